The molecular weight excluding hydrogens is 318 g/mol. The number of nitrogens with zero attached hydrogens (tertiary/aromatic N) is 2. The molecule has 2 rings (SSSR count). The number of carboxylic acid groups (broad SMARTS) is 1. The molecule has 25 heavy (non-hydrogen) atoms. The van der Waals surface area contributed by atoms with Gasteiger partial charge >= 0.3 is 5.97 Å². The topological polar surface area (TPSA) is 72.9 Å². The van der Waals surface area contributed by atoms with Crippen LogP contribution in [0.3, 0.4) is 0 Å². The molecule has 0 radical (unpaired) electrons. The van der Waals surface area contributed by atoms with Crippen molar-refractivity contribution in [3.8, 4) is 0 Å². The van der Waals surface area contributed by atoms with Gasteiger partial charge < -0.3 is 10.4 Å². The van der Waals surface area contributed by atoms with Crippen LogP contribution in [-0.4, -0.2) is 65.5 Å². The smallest absolute Gasteiger partial charge is 0.317 e. The van der Waals surface area contributed by atoms with E-state index in [-0.39, 0.29) is 12.5 Å². The van der Waals surface area contributed by atoms with Crippen LogP contribution >= 0.6 is 0 Å². The molecule has 6 heteroatoms. The number of hydrogen-bond acceptors (Lipinski definition) is 4. The summed E-state index contributed by atoms with van der Waals surface area (Å²) < 4.78 is 0. The van der Waals surface area contributed by atoms with Gasteiger partial charge in [-0.2, -0.15) is 0 Å². The number of carboxylic acids is 1. The van der Waals surface area contributed by atoms with Crippen molar-refractivity contribution < 1.29 is 14.7 Å². The van der Waals surface area contributed by atoms with E-state index in [1.54, 1.807) is 0 Å². The second-order valence-electron chi connectivity index (χ2n) is 6.73. The fourth-order valence-electron chi connectivity index (χ4n) is 3.28. The summed E-state index contributed by atoms with van der Waals surface area (Å²) in [5.41, 5.74) is 2.31. The number of hydrogen-bond donors (Lipinski definition) is 2. The molecule has 1 saturated heterocycles. The molecule has 1 fully saturated rings. The maximum absolute atomic E-state index is 12.1. The second kappa shape index (κ2) is 9.53. The molecular formula is C19H29N3O3. The zero-order valence-corrected chi connectivity index (χ0v) is 15.2. The Hall–Kier alpha value is -1.92. The van der Waals surface area contributed by atoms with Gasteiger partial charge in [-0.15, -0.1) is 0 Å². The summed E-state index contributed by atoms with van der Waals surface area (Å²) in [4.78, 5) is 27.2. The molecule has 0 spiro atoms. The van der Waals surface area contributed by atoms with Gasteiger partial charge in [0.15, 0.2) is 0 Å². The quantitative estimate of drug-likeness (QED) is 0.745. The van der Waals surface area contributed by atoms with E-state index in [1.807, 2.05) is 43.0 Å². The third-order valence-electron chi connectivity index (χ3n) is 4.80. The lowest BCUT2D eigenvalue weighted by Gasteiger charge is -2.37. The molecule has 0 bridgehead atoms. The number of rotatable bonds is 8. The average molecular weight is 347 g/mol. The first-order valence-electron chi connectivity index (χ1n) is 8.98. The predicted molar refractivity (Wildman–Crippen MR) is 97.4 cm³/mol. The highest BCUT2D eigenvalue weighted by Crippen LogP contribution is 2.16. The van der Waals surface area contributed by atoms with E-state index in [4.69, 9.17) is 5.11 Å². The number of benzene rings is 1. The Labute approximate surface area is 149 Å². The number of amides is 1. The van der Waals surface area contributed by atoms with Crippen LogP contribution in [0.5, 0.6) is 0 Å². The Balaban J connectivity index is 1.71. The zero-order chi connectivity index (χ0) is 18.2. The monoisotopic (exact) mass is 347 g/mol. The molecule has 1 aliphatic rings. The number of likely N-dealkylation sites (N-methyl/N-ethyl adjacent to an activating group) is 1. The van der Waals surface area contributed by atoms with Crippen LogP contribution in [0.1, 0.15) is 30.9 Å². The molecule has 0 saturated carbocycles. The number of carbonyl (C=O) groups is 2. The Morgan fingerprint density at radius 3 is 2.44 bits per heavy atom. The number of nitrogens with one attached hydrogen (secondary N) is 1. The standard InChI is InChI=1S/C19H29N3O3/c1-3-22(14-19(24)25)17-8-10-21(11-9-17)13-18(23)20-12-16-6-4-15(2)5-7-16/h4-7,17H,3,8-14H2,1-2H3,(H,20,23)(H,24,25). The molecule has 1 aliphatic heterocycles. The average Bonchev–Trinajstić information content (AvgIpc) is 2.60. The van der Waals surface area contributed by atoms with Crippen LogP contribution in [0.2, 0.25) is 0 Å². The van der Waals surface area contributed by atoms with Gasteiger partial charge in [-0.3, -0.25) is 19.4 Å². The minimum Gasteiger partial charge on any atom is -0.480 e. The van der Waals surface area contributed by atoms with Crippen LogP contribution < -0.4 is 5.32 Å². The van der Waals surface area contributed by atoms with Crippen molar-refractivity contribution in [3.05, 3.63) is 35.4 Å². The zero-order valence-electron chi connectivity index (χ0n) is 15.2. The number of aryl methyl sites for hydroxylation is 1. The highest BCUT2D eigenvalue weighted by atomic mass is 16.4. The molecule has 1 heterocycles. The highest BCUT2D eigenvalue weighted by molar-refractivity contribution is 5.78. The lowest BCUT2D eigenvalue weighted by Crippen LogP contribution is -2.48. The third-order valence-corrected chi connectivity index (χ3v) is 4.80. The van der Waals surface area contributed by atoms with Gasteiger partial charge in [0.25, 0.3) is 0 Å². The van der Waals surface area contributed by atoms with Crippen LogP contribution in [0.4, 0.5) is 0 Å². The van der Waals surface area contributed by atoms with Gasteiger partial charge in [0, 0.05) is 25.7 Å². The van der Waals surface area contributed by atoms with E-state index in [0.717, 1.165) is 38.0 Å². The van der Waals surface area contributed by atoms with Crippen LogP contribution in [0.15, 0.2) is 24.3 Å². The first kappa shape index (κ1) is 19.4. The third kappa shape index (κ3) is 6.48. The van der Waals surface area contributed by atoms with E-state index >= 15 is 0 Å². The number of piperidine rings is 1. The first-order chi connectivity index (χ1) is 12.0. The summed E-state index contributed by atoms with van der Waals surface area (Å²) in [6.07, 6.45) is 1.82. The van der Waals surface area contributed by atoms with Gasteiger partial charge in [0.05, 0.1) is 13.1 Å². The maximum Gasteiger partial charge on any atom is 0.317 e. The molecule has 0 aromatic heterocycles. The molecule has 2 N–H and O–H groups in total. The fraction of sp³-hybridized carbons (Fsp3) is 0.579. The molecule has 1 amide bonds. The summed E-state index contributed by atoms with van der Waals surface area (Å²) in [7, 11) is 0. The maximum atomic E-state index is 12.1. The van der Waals surface area contributed by atoms with Crippen molar-refractivity contribution >= 4 is 11.9 Å². The fourth-order valence-corrected chi connectivity index (χ4v) is 3.28. The lowest BCUT2D eigenvalue weighted by molar-refractivity contribution is -0.139. The summed E-state index contributed by atoms with van der Waals surface area (Å²) >= 11 is 0. The van der Waals surface area contributed by atoms with Crippen molar-refractivity contribution in [2.45, 2.75) is 39.3 Å². The Bertz CT molecular complexity index is 566. The number of carbonyl (C=O) groups excluding carboxylic acids is 1. The van der Waals surface area contributed by atoms with E-state index < -0.39 is 5.97 Å². The molecule has 0 atom stereocenters. The van der Waals surface area contributed by atoms with Gasteiger partial charge in [-0.1, -0.05) is 36.8 Å². The lowest BCUT2D eigenvalue weighted by atomic mass is 10.0. The Kier molecular flexibility index (Phi) is 7.40. The predicted octanol–water partition coefficient (Wildman–Crippen LogP) is 1.48. The van der Waals surface area contributed by atoms with Crippen molar-refractivity contribution in [2.24, 2.45) is 0 Å². The van der Waals surface area contributed by atoms with E-state index in [9.17, 15) is 9.59 Å². The van der Waals surface area contributed by atoms with Gasteiger partial charge in [-0.25, -0.2) is 0 Å². The van der Waals surface area contributed by atoms with E-state index in [0.29, 0.717) is 19.1 Å². The van der Waals surface area contributed by atoms with Crippen LogP contribution in [0.25, 0.3) is 0 Å². The molecule has 6 nitrogen and oxygen atoms in total. The second-order valence-corrected chi connectivity index (χ2v) is 6.73. The number of likely N-dealkylation sites (tertiary alicyclic amines) is 1. The molecule has 0 unspecified atom stereocenters. The van der Waals surface area contributed by atoms with Crippen molar-refractivity contribution in [2.75, 3.05) is 32.7 Å². The summed E-state index contributed by atoms with van der Waals surface area (Å²) in [5.74, 6) is -0.739. The number of aliphatic carboxylic acids is 1. The van der Waals surface area contributed by atoms with Gasteiger partial charge in [0.2, 0.25) is 5.91 Å². The molecule has 138 valence electrons. The van der Waals surface area contributed by atoms with Crippen molar-refractivity contribution in [1.29, 1.82) is 0 Å². The van der Waals surface area contributed by atoms with Crippen LogP contribution in [0, 0.1) is 6.92 Å². The Morgan fingerprint density at radius 2 is 1.88 bits per heavy atom. The van der Waals surface area contributed by atoms with Crippen molar-refractivity contribution in [1.82, 2.24) is 15.1 Å². The SMILES string of the molecule is CCN(CC(=O)O)C1CCN(CC(=O)NCc2ccc(C)cc2)CC1. The largest absolute Gasteiger partial charge is 0.480 e. The molecule has 1 aromatic rings. The van der Waals surface area contributed by atoms with Gasteiger partial charge in [-0.05, 0) is 31.9 Å². The molecule has 0 aliphatic carbocycles. The van der Waals surface area contributed by atoms with E-state index in [2.05, 4.69) is 10.2 Å². The molecule has 1 aromatic carbocycles. The summed E-state index contributed by atoms with van der Waals surface area (Å²) in [6, 6.07) is 8.45. The minimum atomic E-state index is -0.778. The van der Waals surface area contributed by atoms with Gasteiger partial charge in [0.1, 0.15) is 0 Å². The first-order valence-corrected chi connectivity index (χ1v) is 8.98. The highest BCUT2D eigenvalue weighted by Gasteiger charge is 2.25. The Morgan fingerprint density at radius 1 is 1.24 bits per heavy atom. The van der Waals surface area contributed by atoms with E-state index in [1.165, 1.54) is 5.56 Å². The summed E-state index contributed by atoms with van der Waals surface area (Å²) in [5, 5.41) is 11.9. The minimum absolute atomic E-state index is 0.0388. The summed E-state index contributed by atoms with van der Waals surface area (Å²) in [6.45, 7) is 7.50. The van der Waals surface area contributed by atoms with Crippen molar-refractivity contribution in [3.63, 3.8) is 0 Å². The van der Waals surface area contributed by atoms with Crippen LogP contribution in [-0.2, 0) is 16.1 Å². The normalized spacial score (nSPS) is 16.1.